The van der Waals surface area contributed by atoms with Gasteiger partial charge in [0.05, 0.1) is 27.4 Å². The summed E-state index contributed by atoms with van der Waals surface area (Å²) in [5.74, 6) is 1.31. The molecule has 0 amide bonds. The van der Waals surface area contributed by atoms with Crippen molar-refractivity contribution >= 4 is 16.7 Å². The normalized spacial score (nSPS) is 14.3. The molecule has 0 saturated heterocycles. The van der Waals surface area contributed by atoms with Crippen molar-refractivity contribution in [1.29, 1.82) is 0 Å². The highest BCUT2D eigenvalue weighted by Crippen LogP contribution is 2.36. The number of ether oxygens (including phenoxy) is 3. The summed E-state index contributed by atoms with van der Waals surface area (Å²) in [5, 5.41) is 23.0. The average molecular weight is 455 g/mol. The molecule has 0 spiro atoms. The van der Waals surface area contributed by atoms with Gasteiger partial charge in [-0.2, -0.15) is 0 Å². The van der Waals surface area contributed by atoms with Gasteiger partial charge < -0.3 is 24.4 Å². The number of rotatable bonds is 7. The molecule has 1 aliphatic rings. The number of carbonyl (C=O) groups is 1. The Hall–Kier alpha value is -3.55. The summed E-state index contributed by atoms with van der Waals surface area (Å²) in [6, 6.07) is 9.96. The molecule has 3 aromatic rings. The number of benzene rings is 2. The third-order valence-corrected chi connectivity index (χ3v) is 6.37. The van der Waals surface area contributed by atoms with E-state index in [-0.39, 0.29) is 30.3 Å². The number of hydrogen-bond acceptors (Lipinski definition) is 6. The molecule has 174 valence electrons. The predicted molar refractivity (Wildman–Crippen MR) is 120 cm³/mol. The summed E-state index contributed by atoms with van der Waals surface area (Å²) in [6.45, 7) is -0.114. The van der Waals surface area contributed by atoms with Gasteiger partial charge in [0.2, 0.25) is 17.8 Å². The first kappa shape index (κ1) is 22.6. The molecular formula is C25H30N2O6+2. The number of nitrogens with zero attached hydrogens (tertiary/aromatic N) is 2. The van der Waals surface area contributed by atoms with Crippen LogP contribution in [0.15, 0.2) is 36.4 Å². The molecule has 0 bridgehead atoms. The molecule has 0 radical (unpaired) electrons. The van der Waals surface area contributed by atoms with Crippen molar-refractivity contribution in [1.82, 2.24) is 0 Å². The van der Waals surface area contributed by atoms with E-state index < -0.39 is 0 Å². The first-order valence-corrected chi connectivity index (χ1v) is 11.1. The van der Waals surface area contributed by atoms with Gasteiger partial charge in [-0.05, 0) is 37.1 Å². The van der Waals surface area contributed by atoms with Crippen LogP contribution >= 0.6 is 0 Å². The van der Waals surface area contributed by atoms with Crippen LogP contribution in [0.5, 0.6) is 29.1 Å². The molecule has 33 heavy (non-hydrogen) atoms. The lowest BCUT2D eigenvalue weighted by Crippen LogP contribution is -2.52. The van der Waals surface area contributed by atoms with Crippen molar-refractivity contribution in [2.75, 3.05) is 21.3 Å². The Morgan fingerprint density at radius 1 is 0.939 bits per heavy atom. The van der Waals surface area contributed by atoms with E-state index in [4.69, 9.17) is 14.2 Å². The third-order valence-electron chi connectivity index (χ3n) is 6.37. The Morgan fingerprint density at radius 3 is 2.18 bits per heavy atom. The molecule has 4 rings (SSSR count). The molecule has 1 aromatic heterocycles. The lowest BCUT2D eigenvalue weighted by molar-refractivity contribution is -0.830. The van der Waals surface area contributed by atoms with Gasteiger partial charge in [0.15, 0.2) is 22.9 Å². The monoisotopic (exact) mass is 454 g/mol. The first-order valence-electron chi connectivity index (χ1n) is 11.1. The number of aromatic nitrogens is 2. The second-order valence-electron chi connectivity index (χ2n) is 8.25. The van der Waals surface area contributed by atoms with Gasteiger partial charge in [-0.15, -0.1) is 0 Å². The lowest BCUT2D eigenvalue weighted by Gasteiger charge is -2.18. The number of ketones is 1. The molecule has 0 unspecified atom stereocenters. The van der Waals surface area contributed by atoms with E-state index in [1.54, 1.807) is 48.1 Å². The van der Waals surface area contributed by atoms with Crippen LogP contribution in [0.25, 0.3) is 10.9 Å². The number of fused-ring (bicyclic) bond motifs is 1. The van der Waals surface area contributed by atoms with E-state index in [1.165, 1.54) is 18.8 Å². The van der Waals surface area contributed by atoms with Crippen molar-refractivity contribution in [3.8, 4) is 29.1 Å². The summed E-state index contributed by atoms with van der Waals surface area (Å²) in [6.07, 6.45) is 4.86. The summed E-state index contributed by atoms with van der Waals surface area (Å²) in [7, 11) is 4.61. The Morgan fingerprint density at radius 2 is 1.58 bits per heavy atom. The van der Waals surface area contributed by atoms with Crippen LogP contribution in [-0.2, 0) is 6.54 Å². The van der Waals surface area contributed by atoms with Crippen LogP contribution < -0.4 is 23.3 Å². The fourth-order valence-corrected chi connectivity index (χ4v) is 4.58. The minimum absolute atomic E-state index is 0.0523. The fraction of sp³-hybridized carbons (Fsp3) is 0.400. The van der Waals surface area contributed by atoms with E-state index >= 15 is 0 Å². The number of aromatic hydroxyl groups is 2. The van der Waals surface area contributed by atoms with Crippen LogP contribution in [0.1, 0.15) is 48.5 Å². The van der Waals surface area contributed by atoms with Crippen LogP contribution in [0.2, 0.25) is 0 Å². The van der Waals surface area contributed by atoms with E-state index in [0.717, 1.165) is 32.1 Å². The maximum Gasteiger partial charge on any atom is 0.632 e. The maximum absolute atomic E-state index is 13.2. The van der Waals surface area contributed by atoms with Crippen molar-refractivity contribution in [3.63, 3.8) is 0 Å². The predicted octanol–water partition coefficient (Wildman–Crippen LogP) is 3.24. The molecule has 2 aromatic carbocycles. The van der Waals surface area contributed by atoms with Crippen LogP contribution in [0.3, 0.4) is 0 Å². The maximum atomic E-state index is 13.2. The highest BCUT2D eigenvalue weighted by molar-refractivity contribution is 5.95. The zero-order chi connectivity index (χ0) is 23.5. The minimum Gasteiger partial charge on any atom is -0.497 e. The second-order valence-corrected chi connectivity index (χ2v) is 8.25. The Kier molecular flexibility index (Phi) is 6.53. The van der Waals surface area contributed by atoms with Crippen LogP contribution in [0.4, 0.5) is 0 Å². The average Bonchev–Trinajstić information content (AvgIpc) is 2.86. The summed E-state index contributed by atoms with van der Waals surface area (Å²) in [4.78, 5) is 13.2. The van der Waals surface area contributed by atoms with Crippen LogP contribution in [0, 0.1) is 0 Å². The standard InChI is InChI=1S/C25H28N2O6/c1-31-18-11-9-16(10-12-18)21(28)15-26-20-14-23(33-3)22(32-2)13-19(20)24(29)27(25(26)30)17-7-5-4-6-8-17/h9-14,17H,4-8,15H2,1-3H3/p+2. The van der Waals surface area contributed by atoms with E-state index in [0.29, 0.717) is 33.7 Å². The Labute approximate surface area is 192 Å². The SMILES string of the molecule is COc1ccc(C(=O)C[n+]2c(O)[n+](C3CCCCC3)c(O)c3cc(OC)c(OC)cc32)cc1. The van der Waals surface area contributed by atoms with Gasteiger partial charge >= 0.3 is 11.9 Å². The highest BCUT2D eigenvalue weighted by Gasteiger charge is 2.40. The van der Waals surface area contributed by atoms with Crippen molar-refractivity contribution in [2.45, 2.75) is 44.7 Å². The van der Waals surface area contributed by atoms with E-state index in [9.17, 15) is 15.0 Å². The molecule has 1 fully saturated rings. The number of carbonyl (C=O) groups excluding carboxylic acids is 1. The topological polar surface area (TPSA) is 93.0 Å². The lowest BCUT2D eigenvalue weighted by atomic mass is 9.95. The highest BCUT2D eigenvalue weighted by atomic mass is 16.5. The Bertz CT molecular complexity index is 1170. The molecular weight excluding hydrogens is 424 g/mol. The molecule has 1 aliphatic carbocycles. The quantitative estimate of drug-likeness (QED) is 0.421. The summed E-state index contributed by atoms with van der Waals surface area (Å²) in [5.41, 5.74) is 0.963. The molecule has 1 heterocycles. The van der Waals surface area contributed by atoms with Gasteiger partial charge in [-0.3, -0.25) is 4.79 Å². The Balaban J connectivity index is 1.88. The number of hydrogen-bond donors (Lipinski definition) is 2. The van der Waals surface area contributed by atoms with Gasteiger partial charge in [-0.25, -0.2) is 0 Å². The second kappa shape index (κ2) is 9.52. The van der Waals surface area contributed by atoms with E-state index in [2.05, 4.69) is 0 Å². The molecule has 1 saturated carbocycles. The van der Waals surface area contributed by atoms with E-state index in [1.807, 2.05) is 0 Å². The molecule has 8 nitrogen and oxygen atoms in total. The minimum atomic E-state index is -0.185. The van der Waals surface area contributed by atoms with Gasteiger partial charge in [0.1, 0.15) is 5.75 Å². The van der Waals surface area contributed by atoms with Gasteiger partial charge in [-0.1, -0.05) is 15.6 Å². The largest absolute Gasteiger partial charge is 0.632 e. The van der Waals surface area contributed by atoms with Crippen LogP contribution in [-0.4, -0.2) is 37.3 Å². The summed E-state index contributed by atoms with van der Waals surface area (Å²) < 4.78 is 19.1. The summed E-state index contributed by atoms with van der Waals surface area (Å²) >= 11 is 0. The molecule has 2 N–H and O–H groups in total. The smallest absolute Gasteiger partial charge is 0.497 e. The molecule has 0 aliphatic heterocycles. The molecule has 8 heteroatoms. The first-order chi connectivity index (χ1) is 16.0. The van der Waals surface area contributed by atoms with Gasteiger partial charge in [0, 0.05) is 24.5 Å². The van der Waals surface area contributed by atoms with Gasteiger partial charge in [0.25, 0.3) is 0 Å². The fourth-order valence-electron chi connectivity index (χ4n) is 4.58. The van der Waals surface area contributed by atoms with Crippen molar-refractivity contribution in [3.05, 3.63) is 42.0 Å². The number of Topliss-reactive ketones (excluding diaryl/α,β-unsaturated/α-hetero) is 1. The van der Waals surface area contributed by atoms with Crippen molar-refractivity contribution < 1.29 is 38.4 Å². The molecule has 0 atom stereocenters. The zero-order valence-electron chi connectivity index (χ0n) is 19.2. The zero-order valence-corrected chi connectivity index (χ0v) is 19.2. The third kappa shape index (κ3) is 4.25. The number of methoxy groups -OCH3 is 3. The van der Waals surface area contributed by atoms with Crippen molar-refractivity contribution in [2.24, 2.45) is 0 Å².